The molecule has 1 aromatic carbocycles. The number of nitrogens with one attached hydrogen (secondary N) is 1. The SMILES string of the molecule is COC(=O)c1ccccc1CNCCCCCCC(C)C. The van der Waals surface area contributed by atoms with E-state index in [2.05, 4.69) is 19.2 Å². The summed E-state index contributed by atoms with van der Waals surface area (Å²) in [4.78, 5) is 11.6. The molecule has 0 spiro atoms. The minimum absolute atomic E-state index is 0.263. The van der Waals surface area contributed by atoms with E-state index in [0.717, 1.165) is 24.6 Å². The van der Waals surface area contributed by atoms with Crippen LogP contribution in [0.4, 0.5) is 0 Å². The molecule has 0 aliphatic rings. The molecule has 1 N–H and O–H groups in total. The van der Waals surface area contributed by atoms with Crippen molar-refractivity contribution in [3.8, 4) is 0 Å². The molecule has 0 saturated heterocycles. The maximum absolute atomic E-state index is 11.6. The number of rotatable bonds is 10. The first kappa shape index (κ1) is 17.7. The molecular formula is C18H29NO2. The second-order valence-corrected chi connectivity index (χ2v) is 5.92. The van der Waals surface area contributed by atoms with Crippen LogP contribution in [0.3, 0.4) is 0 Å². The number of ether oxygens (including phenoxy) is 1. The summed E-state index contributed by atoms with van der Waals surface area (Å²) in [6, 6.07) is 7.61. The van der Waals surface area contributed by atoms with Crippen molar-refractivity contribution in [3.05, 3.63) is 35.4 Å². The second kappa shape index (κ2) is 10.4. The number of benzene rings is 1. The Kier molecular flexibility index (Phi) is 8.76. The Morgan fingerprint density at radius 3 is 2.57 bits per heavy atom. The van der Waals surface area contributed by atoms with Gasteiger partial charge in [0.1, 0.15) is 0 Å². The van der Waals surface area contributed by atoms with Crippen LogP contribution in [0.25, 0.3) is 0 Å². The van der Waals surface area contributed by atoms with Crippen LogP contribution in [0.1, 0.15) is 61.9 Å². The maximum Gasteiger partial charge on any atom is 0.338 e. The first-order valence-corrected chi connectivity index (χ1v) is 8.02. The van der Waals surface area contributed by atoms with Crippen molar-refractivity contribution in [2.75, 3.05) is 13.7 Å². The summed E-state index contributed by atoms with van der Waals surface area (Å²) in [6.45, 7) is 6.27. The highest BCUT2D eigenvalue weighted by Crippen LogP contribution is 2.11. The van der Waals surface area contributed by atoms with Crippen molar-refractivity contribution in [1.29, 1.82) is 0 Å². The van der Waals surface area contributed by atoms with Crippen LogP contribution in [0, 0.1) is 5.92 Å². The molecule has 1 aromatic rings. The van der Waals surface area contributed by atoms with Gasteiger partial charge in [0.2, 0.25) is 0 Å². The predicted molar refractivity (Wildman–Crippen MR) is 87.4 cm³/mol. The lowest BCUT2D eigenvalue weighted by atomic mass is 10.0. The van der Waals surface area contributed by atoms with E-state index in [4.69, 9.17) is 4.74 Å². The summed E-state index contributed by atoms with van der Waals surface area (Å²) in [5.74, 6) is 0.555. The van der Waals surface area contributed by atoms with E-state index in [-0.39, 0.29) is 5.97 Å². The molecule has 118 valence electrons. The van der Waals surface area contributed by atoms with Gasteiger partial charge in [-0.05, 0) is 30.5 Å². The highest BCUT2D eigenvalue weighted by Gasteiger charge is 2.09. The Labute approximate surface area is 129 Å². The first-order valence-electron chi connectivity index (χ1n) is 8.02. The van der Waals surface area contributed by atoms with E-state index >= 15 is 0 Å². The molecular weight excluding hydrogens is 262 g/mol. The van der Waals surface area contributed by atoms with E-state index in [1.807, 2.05) is 24.3 Å². The Bertz CT molecular complexity index is 415. The fourth-order valence-corrected chi connectivity index (χ4v) is 2.36. The molecule has 1 rings (SSSR count). The van der Waals surface area contributed by atoms with Gasteiger partial charge in [-0.25, -0.2) is 4.79 Å². The van der Waals surface area contributed by atoms with Gasteiger partial charge in [-0.1, -0.05) is 57.7 Å². The Morgan fingerprint density at radius 1 is 1.14 bits per heavy atom. The number of carbonyl (C=O) groups excluding carboxylic acids is 1. The molecule has 0 atom stereocenters. The van der Waals surface area contributed by atoms with E-state index in [9.17, 15) is 4.79 Å². The van der Waals surface area contributed by atoms with E-state index in [1.54, 1.807) is 0 Å². The van der Waals surface area contributed by atoms with Crippen molar-refractivity contribution in [1.82, 2.24) is 5.32 Å². The number of hydrogen-bond donors (Lipinski definition) is 1. The fraction of sp³-hybridized carbons (Fsp3) is 0.611. The molecule has 0 radical (unpaired) electrons. The normalized spacial score (nSPS) is 10.9. The molecule has 3 nitrogen and oxygen atoms in total. The van der Waals surface area contributed by atoms with Crippen LogP contribution in [0.2, 0.25) is 0 Å². The van der Waals surface area contributed by atoms with Gasteiger partial charge in [0.05, 0.1) is 12.7 Å². The third kappa shape index (κ3) is 7.28. The van der Waals surface area contributed by atoms with Crippen LogP contribution in [0.5, 0.6) is 0 Å². The average Bonchev–Trinajstić information content (AvgIpc) is 2.49. The second-order valence-electron chi connectivity index (χ2n) is 5.92. The maximum atomic E-state index is 11.6. The van der Waals surface area contributed by atoms with Crippen molar-refractivity contribution < 1.29 is 9.53 Å². The Balaban J connectivity index is 2.20. The quantitative estimate of drug-likeness (QED) is 0.519. The van der Waals surface area contributed by atoms with Gasteiger partial charge in [0, 0.05) is 6.54 Å². The molecule has 21 heavy (non-hydrogen) atoms. The first-order chi connectivity index (χ1) is 10.1. The molecule has 3 heteroatoms. The van der Waals surface area contributed by atoms with Crippen LogP contribution < -0.4 is 5.32 Å². The number of hydrogen-bond acceptors (Lipinski definition) is 3. The third-order valence-electron chi connectivity index (χ3n) is 3.62. The Hall–Kier alpha value is -1.35. The molecule has 0 unspecified atom stereocenters. The van der Waals surface area contributed by atoms with Crippen LogP contribution in [0.15, 0.2) is 24.3 Å². The zero-order chi connectivity index (χ0) is 15.5. The van der Waals surface area contributed by atoms with Crippen LogP contribution in [-0.4, -0.2) is 19.6 Å². The molecule has 0 bridgehead atoms. The molecule has 0 amide bonds. The van der Waals surface area contributed by atoms with Crippen LogP contribution >= 0.6 is 0 Å². The Morgan fingerprint density at radius 2 is 1.86 bits per heavy atom. The highest BCUT2D eigenvalue weighted by atomic mass is 16.5. The minimum Gasteiger partial charge on any atom is -0.465 e. The van der Waals surface area contributed by atoms with Gasteiger partial charge >= 0.3 is 5.97 Å². The van der Waals surface area contributed by atoms with Crippen molar-refractivity contribution >= 4 is 5.97 Å². The zero-order valence-electron chi connectivity index (χ0n) is 13.7. The molecule has 0 heterocycles. The van der Waals surface area contributed by atoms with Gasteiger partial charge in [-0.15, -0.1) is 0 Å². The molecule has 0 saturated carbocycles. The van der Waals surface area contributed by atoms with Crippen LogP contribution in [-0.2, 0) is 11.3 Å². The lowest BCUT2D eigenvalue weighted by molar-refractivity contribution is 0.0599. The molecule has 0 aromatic heterocycles. The lowest BCUT2D eigenvalue weighted by Gasteiger charge is -2.09. The third-order valence-corrected chi connectivity index (χ3v) is 3.62. The van der Waals surface area contributed by atoms with Crippen molar-refractivity contribution in [2.45, 2.75) is 52.5 Å². The number of unbranched alkanes of at least 4 members (excludes halogenated alkanes) is 3. The minimum atomic E-state index is -0.263. The number of methoxy groups -OCH3 is 1. The summed E-state index contributed by atoms with van der Waals surface area (Å²) >= 11 is 0. The van der Waals surface area contributed by atoms with Gasteiger partial charge in [-0.3, -0.25) is 0 Å². The van der Waals surface area contributed by atoms with E-state index < -0.39 is 0 Å². The monoisotopic (exact) mass is 291 g/mol. The number of esters is 1. The molecule has 0 aliphatic carbocycles. The lowest BCUT2D eigenvalue weighted by Crippen LogP contribution is -2.17. The predicted octanol–water partition coefficient (Wildman–Crippen LogP) is 4.17. The van der Waals surface area contributed by atoms with Gasteiger partial charge < -0.3 is 10.1 Å². The fourth-order valence-electron chi connectivity index (χ4n) is 2.36. The number of carbonyl (C=O) groups is 1. The largest absolute Gasteiger partial charge is 0.465 e. The summed E-state index contributed by atoms with van der Waals surface area (Å²) < 4.78 is 4.80. The summed E-state index contributed by atoms with van der Waals surface area (Å²) in [5.41, 5.74) is 1.66. The van der Waals surface area contributed by atoms with Crippen molar-refractivity contribution in [2.24, 2.45) is 5.92 Å². The molecule has 0 fully saturated rings. The summed E-state index contributed by atoms with van der Waals surface area (Å²) in [6.07, 6.45) is 6.46. The standard InChI is InChI=1S/C18H29NO2/c1-15(2)10-6-4-5-9-13-19-14-16-11-7-8-12-17(16)18(20)21-3/h7-8,11-12,15,19H,4-6,9-10,13-14H2,1-3H3. The highest BCUT2D eigenvalue weighted by molar-refractivity contribution is 5.90. The van der Waals surface area contributed by atoms with Gasteiger partial charge in [0.15, 0.2) is 0 Å². The zero-order valence-corrected chi connectivity index (χ0v) is 13.7. The van der Waals surface area contributed by atoms with Crippen molar-refractivity contribution in [3.63, 3.8) is 0 Å². The van der Waals surface area contributed by atoms with Gasteiger partial charge in [-0.2, -0.15) is 0 Å². The summed E-state index contributed by atoms with van der Waals surface area (Å²) in [5, 5.41) is 3.41. The molecule has 0 aliphatic heterocycles. The summed E-state index contributed by atoms with van der Waals surface area (Å²) in [7, 11) is 1.42. The van der Waals surface area contributed by atoms with E-state index in [1.165, 1.54) is 39.2 Å². The topological polar surface area (TPSA) is 38.3 Å². The smallest absolute Gasteiger partial charge is 0.338 e. The van der Waals surface area contributed by atoms with Gasteiger partial charge in [0.25, 0.3) is 0 Å². The average molecular weight is 291 g/mol. The van der Waals surface area contributed by atoms with E-state index in [0.29, 0.717) is 5.56 Å².